The van der Waals surface area contributed by atoms with Gasteiger partial charge in [-0.05, 0) is 31.0 Å². The van der Waals surface area contributed by atoms with Crippen LogP contribution in [0.4, 0.5) is 5.69 Å². The lowest BCUT2D eigenvalue weighted by Gasteiger charge is -2.24. The Morgan fingerprint density at radius 2 is 2.33 bits per heavy atom. The monoisotopic (exact) mass is 281 g/mol. The number of aryl methyl sites for hydroxylation is 1. The molecule has 1 atom stereocenters. The van der Waals surface area contributed by atoms with E-state index in [2.05, 4.69) is 26.4 Å². The van der Waals surface area contributed by atoms with Crippen molar-refractivity contribution in [3.8, 4) is 5.82 Å². The molecule has 3 aromatic heterocycles. The Kier molecular flexibility index (Phi) is 2.92. The molecule has 106 valence electrons. The molecule has 0 bridgehead atoms. The number of anilines is 1. The zero-order chi connectivity index (χ0) is 14.1. The second kappa shape index (κ2) is 5.05. The van der Waals surface area contributed by atoms with Gasteiger partial charge in [0.2, 0.25) is 0 Å². The molecule has 6 nitrogen and oxygen atoms in total. The maximum absolute atomic E-state index is 5.54. The highest BCUT2D eigenvalue weighted by Crippen LogP contribution is 2.34. The molecule has 0 fully saturated rings. The van der Waals surface area contributed by atoms with Gasteiger partial charge < -0.3 is 9.73 Å². The first kappa shape index (κ1) is 12.1. The molecule has 0 spiro atoms. The Labute approximate surface area is 121 Å². The third-order valence-corrected chi connectivity index (χ3v) is 3.80. The number of nitrogens with zero attached hydrogens (tertiary/aromatic N) is 4. The van der Waals surface area contributed by atoms with Gasteiger partial charge in [-0.15, -0.1) is 0 Å². The predicted octanol–water partition coefficient (Wildman–Crippen LogP) is 2.74. The number of hydrogen-bond donors (Lipinski definition) is 1. The second-order valence-corrected chi connectivity index (χ2v) is 5.10. The van der Waals surface area contributed by atoms with E-state index in [1.165, 1.54) is 11.9 Å². The van der Waals surface area contributed by atoms with Crippen molar-refractivity contribution in [3.05, 3.63) is 54.6 Å². The minimum atomic E-state index is 0.249. The van der Waals surface area contributed by atoms with E-state index in [9.17, 15) is 0 Å². The Morgan fingerprint density at radius 3 is 3.24 bits per heavy atom. The van der Waals surface area contributed by atoms with Crippen LogP contribution in [0, 0.1) is 0 Å². The molecule has 3 heterocycles. The standard InChI is InChI=1S/C15H15N5O/c1-3-12(11-6-8-21-14(11)5-1)19-13-4-2-7-17-15(13)20-10-16-9-18-20/h2,4,6-10,12,19H,1,3,5H2. The Morgan fingerprint density at radius 1 is 1.33 bits per heavy atom. The maximum Gasteiger partial charge on any atom is 0.178 e. The van der Waals surface area contributed by atoms with Gasteiger partial charge >= 0.3 is 0 Å². The summed E-state index contributed by atoms with van der Waals surface area (Å²) in [6, 6.07) is 6.23. The van der Waals surface area contributed by atoms with Crippen molar-refractivity contribution in [2.45, 2.75) is 25.3 Å². The maximum atomic E-state index is 5.54. The fourth-order valence-electron chi connectivity index (χ4n) is 2.83. The fraction of sp³-hybridized carbons (Fsp3) is 0.267. The highest BCUT2D eigenvalue weighted by Gasteiger charge is 2.23. The van der Waals surface area contributed by atoms with Crippen LogP contribution in [-0.2, 0) is 6.42 Å². The van der Waals surface area contributed by atoms with Gasteiger partial charge in [-0.25, -0.2) is 14.6 Å². The fourth-order valence-corrected chi connectivity index (χ4v) is 2.83. The number of nitrogens with one attached hydrogen (secondary N) is 1. The molecule has 0 aromatic carbocycles. The molecule has 0 saturated heterocycles. The van der Waals surface area contributed by atoms with Crippen LogP contribution >= 0.6 is 0 Å². The molecule has 0 aliphatic heterocycles. The van der Waals surface area contributed by atoms with E-state index >= 15 is 0 Å². The van der Waals surface area contributed by atoms with Crippen molar-refractivity contribution in [1.82, 2.24) is 19.7 Å². The molecule has 3 aromatic rings. The van der Waals surface area contributed by atoms with E-state index in [-0.39, 0.29) is 6.04 Å². The van der Waals surface area contributed by atoms with Gasteiger partial charge in [-0.3, -0.25) is 0 Å². The lowest BCUT2D eigenvalue weighted by atomic mass is 9.93. The largest absolute Gasteiger partial charge is 0.469 e. The zero-order valence-electron chi connectivity index (χ0n) is 11.4. The first-order chi connectivity index (χ1) is 10.4. The molecule has 6 heteroatoms. The lowest BCUT2D eigenvalue weighted by Crippen LogP contribution is -2.17. The summed E-state index contributed by atoms with van der Waals surface area (Å²) in [7, 11) is 0. The highest BCUT2D eigenvalue weighted by atomic mass is 16.3. The van der Waals surface area contributed by atoms with Crippen molar-refractivity contribution in [2.24, 2.45) is 0 Å². The number of furan rings is 1. The van der Waals surface area contributed by atoms with E-state index in [0.717, 1.165) is 36.5 Å². The first-order valence-corrected chi connectivity index (χ1v) is 7.04. The molecule has 4 rings (SSSR count). The predicted molar refractivity (Wildman–Crippen MR) is 77.2 cm³/mol. The SMILES string of the molecule is c1cnc(-n2cncn2)c(NC2CCCc3occc32)c1. The Balaban J connectivity index is 1.68. The molecule has 1 N–H and O–H groups in total. The molecule has 1 aliphatic rings. The second-order valence-electron chi connectivity index (χ2n) is 5.10. The molecule has 1 unspecified atom stereocenters. The molecule has 0 radical (unpaired) electrons. The van der Waals surface area contributed by atoms with Crippen molar-refractivity contribution in [3.63, 3.8) is 0 Å². The van der Waals surface area contributed by atoms with E-state index in [1.807, 2.05) is 12.1 Å². The van der Waals surface area contributed by atoms with Gasteiger partial charge in [0.15, 0.2) is 5.82 Å². The van der Waals surface area contributed by atoms with Crippen LogP contribution in [0.3, 0.4) is 0 Å². The summed E-state index contributed by atoms with van der Waals surface area (Å²) in [5, 5.41) is 7.73. The van der Waals surface area contributed by atoms with Crippen molar-refractivity contribution < 1.29 is 4.42 Å². The van der Waals surface area contributed by atoms with Crippen LogP contribution in [0.25, 0.3) is 5.82 Å². The van der Waals surface area contributed by atoms with Gasteiger partial charge in [0, 0.05) is 18.2 Å². The van der Waals surface area contributed by atoms with Crippen LogP contribution in [0.1, 0.15) is 30.2 Å². The summed E-state index contributed by atoms with van der Waals surface area (Å²) < 4.78 is 7.21. The average Bonchev–Trinajstić information content (AvgIpc) is 3.20. The molecular weight excluding hydrogens is 266 g/mol. The molecular formula is C15H15N5O. The van der Waals surface area contributed by atoms with Crippen LogP contribution in [-0.4, -0.2) is 19.7 Å². The molecule has 0 amide bonds. The summed E-state index contributed by atoms with van der Waals surface area (Å²) in [6.45, 7) is 0. The number of fused-ring (bicyclic) bond motifs is 1. The van der Waals surface area contributed by atoms with E-state index in [4.69, 9.17) is 4.42 Å². The molecule has 21 heavy (non-hydrogen) atoms. The number of rotatable bonds is 3. The smallest absolute Gasteiger partial charge is 0.178 e. The topological polar surface area (TPSA) is 68.8 Å². The van der Waals surface area contributed by atoms with Crippen molar-refractivity contribution >= 4 is 5.69 Å². The zero-order valence-corrected chi connectivity index (χ0v) is 11.4. The van der Waals surface area contributed by atoms with Crippen LogP contribution in [0.2, 0.25) is 0 Å². The van der Waals surface area contributed by atoms with E-state index in [1.54, 1.807) is 23.5 Å². The van der Waals surface area contributed by atoms with Gasteiger partial charge in [0.1, 0.15) is 18.4 Å². The minimum absolute atomic E-state index is 0.249. The van der Waals surface area contributed by atoms with Gasteiger partial charge in [0.05, 0.1) is 18.0 Å². The third-order valence-electron chi connectivity index (χ3n) is 3.80. The highest BCUT2D eigenvalue weighted by molar-refractivity contribution is 5.57. The Hall–Kier alpha value is -2.63. The van der Waals surface area contributed by atoms with Gasteiger partial charge in [-0.2, -0.15) is 5.10 Å². The normalized spacial score (nSPS) is 17.4. The lowest BCUT2D eigenvalue weighted by molar-refractivity contribution is 0.461. The van der Waals surface area contributed by atoms with Gasteiger partial charge in [-0.1, -0.05) is 0 Å². The van der Waals surface area contributed by atoms with E-state index in [0.29, 0.717) is 0 Å². The number of pyridine rings is 1. The summed E-state index contributed by atoms with van der Waals surface area (Å²) >= 11 is 0. The summed E-state index contributed by atoms with van der Waals surface area (Å²) in [4.78, 5) is 8.39. The Bertz CT molecular complexity index is 734. The average molecular weight is 281 g/mol. The molecule has 1 aliphatic carbocycles. The van der Waals surface area contributed by atoms with Crippen LogP contribution in [0.15, 0.2) is 47.7 Å². The molecule has 0 saturated carbocycles. The number of aromatic nitrogens is 4. The quantitative estimate of drug-likeness (QED) is 0.799. The summed E-state index contributed by atoms with van der Waals surface area (Å²) in [5.41, 5.74) is 2.19. The number of hydrogen-bond acceptors (Lipinski definition) is 5. The summed E-state index contributed by atoms with van der Waals surface area (Å²) in [5.74, 6) is 1.84. The summed E-state index contributed by atoms with van der Waals surface area (Å²) in [6.07, 6.45) is 9.91. The third kappa shape index (κ3) is 2.18. The van der Waals surface area contributed by atoms with Crippen molar-refractivity contribution in [2.75, 3.05) is 5.32 Å². The van der Waals surface area contributed by atoms with Crippen LogP contribution < -0.4 is 5.32 Å². The van der Waals surface area contributed by atoms with E-state index < -0.39 is 0 Å². The minimum Gasteiger partial charge on any atom is -0.469 e. The van der Waals surface area contributed by atoms with Crippen molar-refractivity contribution in [1.29, 1.82) is 0 Å². The van der Waals surface area contributed by atoms with Crippen LogP contribution in [0.5, 0.6) is 0 Å². The van der Waals surface area contributed by atoms with Gasteiger partial charge in [0.25, 0.3) is 0 Å². The first-order valence-electron chi connectivity index (χ1n) is 7.04.